The molecular weight excluding hydrogens is 543 g/mol. The second kappa shape index (κ2) is 13.1. The average Bonchev–Trinajstić information content (AvgIpc) is 2.82. The van der Waals surface area contributed by atoms with E-state index in [1.165, 1.54) is 17.0 Å². The van der Waals surface area contributed by atoms with Gasteiger partial charge in [0.2, 0.25) is 21.8 Å². The van der Waals surface area contributed by atoms with Gasteiger partial charge < -0.3 is 10.2 Å². The van der Waals surface area contributed by atoms with Crippen molar-refractivity contribution >= 4 is 56.4 Å². The number of anilines is 1. The molecule has 13 heteroatoms. The van der Waals surface area contributed by atoms with Crippen LogP contribution < -0.4 is 9.62 Å². The van der Waals surface area contributed by atoms with Gasteiger partial charge in [-0.25, -0.2) is 8.42 Å². The number of nitrogens with zero attached hydrogens (tertiary/aromatic N) is 3. The summed E-state index contributed by atoms with van der Waals surface area (Å²) in [5.74, 6) is -1.08. The quantitative estimate of drug-likeness (QED) is 0.229. The number of halogens is 2. The lowest BCUT2D eigenvalue weighted by Crippen LogP contribution is -2.51. The summed E-state index contributed by atoms with van der Waals surface area (Å²) in [5, 5.41) is 14.7. The molecule has 2 rings (SSSR count). The monoisotopic (exact) mass is 572 g/mol. The molecule has 0 fully saturated rings. The number of benzene rings is 2. The van der Waals surface area contributed by atoms with E-state index < -0.39 is 39.3 Å². The van der Waals surface area contributed by atoms with E-state index in [0.717, 1.165) is 29.5 Å². The van der Waals surface area contributed by atoms with Gasteiger partial charge in [-0.3, -0.25) is 24.0 Å². The third-order valence-corrected chi connectivity index (χ3v) is 7.55. The van der Waals surface area contributed by atoms with Gasteiger partial charge in [-0.1, -0.05) is 48.7 Å². The molecule has 0 bridgehead atoms. The number of amides is 2. The molecule has 2 aromatic rings. The molecule has 0 aromatic heterocycles. The molecule has 202 valence electrons. The predicted molar refractivity (Wildman–Crippen MR) is 144 cm³/mol. The van der Waals surface area contributed by atoms with Crippen LogP contribution in [0.3, 0.4) is 0 Å². The van der Waals surface area contributed by atoms with E-state index in [9.17, 15) is 28.1 Å². The van der Waals surface area contributed by atoms with Crippen LogP contribution in [0.1, 0.15) is 37.8 Å². The molecule has 1 unspecified atom stereocenters. The predicted octanol–water partition coefficient (Wildman–Crippen LogP) is 4.31. The molecular formula is C24H30Cl2N4O6S. The third-order valence-electron chi connectivity index (χ3n) is 5.69. The van der Waals surface area contributed by atoms with Crippen molar-refractivity contribution in [1.82, 2.24) is 10.2 Å². The fourth-order valence-corrected chi connectivity index (χ4v) is 4.75. The van der Waals surface area contributed by atoms with Gasteiger partial charge in [0.1, 0.15) is 12.6 Å². The fraction of sp³-hybridized carbons (Fsp3) is 0.417. The van der Waals surface area contributed by atoms with Gasteiger partial charge in [0.25, 0.3) is 5.69 Å². The highest BCUT2D eigenvalue weighted by atomic mass is 35.5. The SMILES string of the molecule is CCCCNC(=O)C(C)N(Cc1ccc(Cl)c(Cl)c1)C(=O)CN(c1cc([N+](=O)[O-])ccc1C)S(C)(=O)=O. The minimum Gasteiger partial charge on any atom is -0.354 e. The Kier molecular flexibility index (Phi) is 10.7. The summed E-state index contributed by atoms with van der Waals surface area (Å²) >= 11 is 12.1. The van der Waals surface area contributed by atoms with Crippen LogP contribution in [0, 0.1) is 17.0 Å². The Morgan fingerprint density at radius 2 is 1.81 bits per heavy atom. The van der Waals surface area contributed by atoms with Crippen molar-refractivity contribution in [2.24, 2.45) is 0 Å². The van der Waals surface area contributed by atoms with E-state index >= 15 is 0 Å². The number of aryl methyl sites for hydroxylation is 1. The molecule has 0 heterocycles. The zero-order valence-corrected chi connectivity index (χ0v) is 23.4. The summed E-state index contributed by atoms with van der Waals surface area (Å²) in [4.78, 5) is 38.3. The number of carbonyl (C=O) groups excluding carboxylic acids is 2. The van der Waals surface area contributed by atoms with Crippen LogP contribution in [0.15, 0.2) is 36.4 Å². The van der Waals surface area contributed by atoms with Crippen LogP contribution in [-0.4, -0.2) is 55.4 Å². The summed E-state index contributed by atoms with van der Waals surface area (Å²) in [7, 11) is -4.04. The summed E-state index contributed by atoms with van der Waals surface area (Å²) in [5.41, 5.74) is 0.677. The van der Waals surface area contributed by atoms with Gasteiger partial charge in [0.15, 0.2) is 0 Å². The number of hydrogen-bond acceptors (Lipinski definition) is 6. The third kappa shape index (κ3) is 8.31. The maximum absolute atomic E-state index is 13.6. The van der Waals surface area contributed by atoms with Crippen molar-refractivity contribution in [3.8, 4) is 0 Å². The Hall–Kier alpha value is -2.89. The largest absolute Gasteiger partial charge is 0.354 e. The lowest BCUT2D eigenvalue weighted by atomic mass is 10.1. The average molecular weight is 573 g/mol. The van der Waals surface area contributed by atoms with Crippen LogP contribution in [0.5, 0.6) is 0 Å². The molecule has 0 spiro atoms. The Morgan fingerprint density at radius 3 is 2.38 bits per heavy atom. The first-order chi connectivity index (χ1) is 17.3. The van der Waals surface area contributed by atoms with E-state index in [-0.39, 0.29) is 22.9 Å². The molecule has 37 heavy (non-hydrogen) atoms. The van der Waals surface area contributed by atoms with Crippen molar-refractivity contribution in [2.45, 2.75) is 46.2 Å². The zero-order valence-electron chi connectivity index (χ0n) is 21.0. The smallest absolute Gasteiger partial charge is 0.271 e. The Morgan fingerprint density at radius 1 is 1.14 bits per heavy atom. The first-order valence-corrected chi connectivity index (χ1v) is 14.1. The maximum Gasteiger partial charge on any atom is 0.271 e. The Balaban J connectivity index is 2.46. The van der Waals surface area contributed by atoms with Crippen LogP contribution >= 0.6 is 23.2 Å². The van der Waals surface area contributed by atoms with Gasteiger partial charge in [-0.15, -0.1) is 0 Å². The number of hydrogen-bond donors (Lipinski definition) is 1. The van der Waals surface area contributed by atoms with Crippen molar-refractivity contribution in [2.75, 3.05) is 23.7 Å². The molecule has 0 aliphatic heterocycles. The molecule has 0 saturated carbocycles. The molecule has 1 atom stereocenters. The number of non-ortho nitro benzene ring substituents is 1. The van der Waals surface area contributed by atoms with E-state index in [0.29, 0.717) is 22.7 Å². The van der Waals surface area contributed by atoms with Gasteiger partial charge in [0.05, 0.1) is 26.9 Å². The lowest BCUT2D eigenvalue weighted by molar-refractivity contribution is -0.384. The highest BCUT2D eigenvalue weighted by Gasteiger charge is 2.31. The normalized spacial score (nSPS) is 12.1. The number of unbranched alkanes of at least 4 members (excludes halogenated alkanes) is 1. The summed E-state index contributed by atoms with van der Waals surface area (Å²) in [6.45, 7) is 4.81. The summed E-state index contributed by atoms with van der Waals surface area (Å²) in [6.07, 6.45) is 2.53. The lowest BCUT2D eigenvalue weighted by Gasteiger charge is -2.32. The molecule has 2 amide bonds. The number of rotatable bonds is 12. The number of carbonyl (C=O) groups is 2. The van der Waals surface area contributed by atoms with Gasteiger partial charge in [-0.05, 0) is 43.5 Å². The standard InChI is InChI=1S/C24H30Cl2N4O6S/c1-5-6-11-27-24(32)17(3)28(14-18-8-10-20(25)21(26)12-18)23(31)15-29(37(4,35)36)22-13-19(30(33)34)9-7-16(22)2/h7-10,12-13,17H,5-6,11,14-15H2,1-4H3,(H,27,32). The van der Waals surface area contributed by atoms with Gasteiger partial charge >= 0.3 is 0 Å². The second-order valence-electron chi connectivity index (χ2n) is 8.59. The van der Waals surface area contributed by atoms with Crippen LogP contribution in [-0.2, 0) is 26.2 Å². The Labute approximate surface area is 226 Å². The van der Waals surface area contributed by atoms with Crippen molar-refractivity contribution < 1.29 is 22.9 Å². The van der Waals surface area contributed by atoms with E-state index in [1.807, 2.05) is 6.92 Å². The first kappa shape index (κ1) is 30.3. The van der Waals surface area contributed by atoms with Crippen molar-refractivity contribution in [1.29, 1.82) is 0 Å². The first-order valence-electron chi connectivity index (χ1n) is 11.5. The molecule has 10 nitrogen and oxygen atoms in total. The van der Waals surface area contributed by atoms with Crippen molar-refractivity contribution in [3.05, 3.63) is 67.7 Å². The van der Waals surface area contributed by atoms with E-state index in [2.05, 4.69) is 5.32 Å². The molecule has 0 saturated heterocycles. The highest BCUT2D eigenvalue weighted by molar-refractivity contribution is 7.92. The second-order valence-corrected chi connectivity index (χ2v) is 11.3. The number of sulfonamides is 1. The number of nitrogens with one attached hydrogen (secondary N) is 1. The fourth-order valence-electron chi connectivity index (χ4n) is 3.53. The minimum absolute atomic E-state index is 0.000382. The topological polar surface area (TPSA) is 130 Å². The van der Waals surface area contributed by atoms with Crippen LogP contribution in [0.2, 0.25) is 10.0 Å². The molecule has 0 aliphatic carbocycles. The van der Waals surface area contributed by atoms with Crippen LogP contribution in [0.4, 0.5) is 11.4 Å². The van der Waals surface area contributed by atoms with Crippen LogP contribution in [0.25, 0.3) is 0 Å². The molecule has 0 radical (unpaired) electrons. The van der Waals surface area contributed by atoms with Crippen molar-refractivity contribution in [3.63, 3.8) is 0 Å². The Bertz CT molecular complexity index is 1270. The highest BCUT2D eigenvalue weighted by Crippen LogP contribution is 2.28. The van der Waals surface area contributed by atoms with E-state index in [1.54, 1.807) is 32.0 Å². The summed E-state index contributed by atoms with van der Waals surface area (Å²) < 4.78 is 26.2. The molecule has 0 aliphatic rings. The van der Waals surface area contributed by atoms with Gasteiger partial charge in [-0.2, -0.15) is 0 Å². The minimum atomic E-state index is -4.04. The molecule has 2 aromatic carbocycles. The zero-order chi connectivity index (χ0) is 27.9. The maximum atomic E-state index is 13.6. The number of nitro groups is 1. The van der Waals surface area contributed by atoms with E-state index in [4.69, 9.17) is 23.2 Å². The van der Waals surface area contributed by atoms with Gasteiger partial charge in [0, 0.05) is 25.2 Å². The molecule has 1 N–H and O–H groups in total. The number of nitro benzene ring substituents is 1. The summed E-state index contributed by atoms with van der Waals surface area (Å²) in [6, 6.07) is 7.58.